The van der Waals surface area contributed by atoms with Gasteiger partial charge in [0.05, 0.1) is 26.2 Å². The van der Waals surface area contributed by atoms with Crippen LogP contribution in [0.4, 0.5) is 0 Å². The molecule has 0 atom stereocenters. The summed E-state index contributed by atoms with van der Waals surface area (Å²) in [5, 5.41) is 17.5. The topological polar surface area (TPSA) is 241 Å². The van der Waals surface area contributed by atoms with E-state index < -0.39 is 5.97 Å². The van der Waals surface area contributed by atoms with Gasteiger partial charge in [-0.2, -0.15) is 0 Å². The van der Waals surface area contributed by atoms with Crippen LogP contribution in [0.2, 0.25) is 0 Å². The summed E-state index contributed by atoms with van der Waals surface area (Å²) in [6, 6.07) is 0. The Kier molecular flexibility index (Phi) is 70.9. The van der Waals surface area contributed by atoms with Gasteiger partial charge in [0.25, 0.3) is 0 Å². The van der Waals surface area contributed by atoms with Gasteiger partial charge in [-0.1, -0.05) is 14.9 Å². The van der Waals surface area contributed by atoms with E-state index >= 15 is 0 Å². The van der Waals surface area contributed by atoms with Crippen LogP contribution >= 0.6 is 0 Å². The number of nitrogens with two attached hydrogens (primary N) is 4. The first-order chi connectivity index (χ1) is 12.2. The average molecular weight is 417 g/mol. The molecule has 0 saturated heterocycles. The molecule has 13 heteroatoms. The number of carbonyl (C=O) groups excluding carboxylic acids is 3. The lowest BCUT2D eigenvalue weighted by Crippen LogP contribution is -2.28. The Labute approximate surface area is 169 Å². The second kappa shape index (κ2) is 44.3. The van der Waals surface area contributed by atoms with E-state index in [1.807, 2.05) is 0 Å². The minimum absolute atomic E-state index is 0. The molecule has 0 rings (SSSR count). The molecule has 174 valence electrons. The van der Waals surface area contributed by atoms with Gasteiger partial charge in [-0.3, -0.25) is 19.2 Å². The monoisotopic (exact) mass is 416 g/mol. The minimum Gasteiger partial charge on any atom is -0.480 e. The van der Waals surface area contributed by atoms with Gasteiger partial charge in [0.1, 0.15) is 0 Å². The van der Waals surface area contributed by atoms with E-state index in [9.17, 15) is 19.2 Å². The van der Waals surface area contributed by atoms with Gasteiger partial charge in [0.2, 0.25) is 17.7 Å². The van der Waals surface area contributed by atoms with Crippen molar-refractivity contribution in [2.24, 2.45) is 22.9 Å². The van der Waals surface area contributed by atoms with E-state index in [-0.39, 0.29) is 52.2 Å². The van der Waals surface area contributed by atoms with Crippen molar-refractivity contribution >= 4 is 23.7 Å². The third kappa shape index (κ3) is 75.8. The third-order valence-electron chi connectivity index (χ3n) is 1.72. The summed E-state index contributed by atoms with van der Waals surface area (Å²) in [7, 11) is 7.94. The van der Waals surface area contributed by atoms with E-state index in [1.165, 1.54) is 7.05 Å². The lowest BCUT2D eigenvalue weighted by molar-refractivity contribution is -0.135. The zero-order valence-electron chi connectivity index (χ0n) is 16.2. The van der Waals surface area contributed by atoms with Crippen LogP contribution < -0.4 is 44.2 Å². The summed E-state index contributed by atoms with van der Waals surface area (Å²) in [5.41, 5.74) is 18.8. The lowest BCUT2D eigenvalue weighted by atomic mass is 10.6. The number of nitrogens with one attached hydrogen (secondary N) is 4. The fourth-order valence-corrected chi connectivity index (χ4v) is 0.453. The van der Waals surface area contributed by atoms with Crippen LogP contribution in [0.5, 0.6) is 0 Å². The molecule has 13 nitrogen and oxygen atoms in total. The number of carboxylic acids is 1. The van der Waals surface area contributed by atoms with Gasteiger partial charge in [-0.25, -0.2) is 0 Å². The lowest BCUT2D eigenvalue weighted by Gasteiger charge is -1.93. The summed E-state index contributed by atoms with van der Waals surface area (Å²) in [4.78, 5) is 39.4. The van der Waals surface area contributed by atoms with Crippen molar-refractivity contribution in [1.29, 1.82) is 0 Å². The number of aliphatic carboxylic acids is 1. The van der Waals surface area contributed by atoms with E-state index in [1.54, 1.807) is 28.2 Å². The third-order valence-corrected chi connectivity index (χ3v) is 1.72. The predicted octanol–water partition coefficient (Wildman–Crippen LogP) is -3.79. The highest BCUT2D eigenvalue weighted by atomic mass is 16.4. The van der Waals surface area contributed by atoms with Crippen LogP contribution in [-0.2, 0) is 19.2 Å². The maximum absolute atomic E-state index is 10.2. The highest BCUT2D eigenvalue weighted by Gasteiger charge is 1.89. The quantitative estimate of drug-likeness (QED) is 0.212. The van der Waals surface area contributed by atoms with Gasteiger partial charge in [0, 0.05) is 21.1 Å². The second-order valence-corrected chi connectivity index (χ2v) is 3.56. The first-order valence-electron chi connectivity index (χ1n) is 7.36. The summed E-state index contributed by atoms with van der Waals surface area (Å²) < 4.78 is 0. The average Bonchev–Trinajstić information content (AvgIpc) is 2.69. The van der Waals surface area contributed by atoms with Gasteiger partial charge >= 0.3 is 5.97 Å². The molecule has 13 N–H and O–H groups in total. The molecule has 0 aliphatic heterocycles. The van der Waals surface area contributed by atoms with Gasteiger partial charge in [-0.05, 0) is 14.1 Å². The zero-order chi connectivity index (χ0) is 22.0. The van der Waals surface area contributed by atoms with Gasteiger partial charge in [-0.15, -0.1) is 0 Å². The predicted molar refractivity (Wildman–Crippen MR) is 114 cm³/mol. The first kappa shape index (κ1) is 44.8. The Bertz CT molecular complexity index is 316. The molecule has 0 aromatic rings. The Morgan fingerprint density at radius 2 is 0.929 bits per heavy atom. The molecule has 28 heavy (non-hydrogen) atoms. The zero-order valence-corrected chi connectivity index (χ0v) is 16.2. The molecule has 0 radical (unpaired) electrons. The first-order valence-corrected chi connectivity index (χ1v) is 7.36. The molecule has 0 saturated carbocycles. The van der Waals surface area contributed by atoms with Gasteiger partial charge in [0.15, 0.2) is 0 Å². The summed E-state index contributed by atoms with van der Waals surface area (Å²) in [6.07, 6.45) is 0. The minimum atomic E-state index is -0.968. The largest absolute Gasteiger partial charge is 0.480 e. The molecule has 3 amide bonds. The number of likely N-dealkylation sites (N-methyl/N-ethyl adjacent to an activating group) is 4. The Morgan fingerprint density at radius 1 is 0.679 bits per heavy atom. The molecular formula is C15H44N8O5. The molecule has 0 bridgehead atoms. The van der Waals surface area contributed by atoms with Crippen LogP contribution in [-0.4, -0.2) is 90.2 Å². The van der Waals surface area contributed by atoms with Crippen molar-refractivity contribution in [2.45, 2.75) is 14.9 Å². The molecule has 0 heterocycles. The maximum Gasteiger partial charge on any atom is 0.317 e. The summed E-state index contributed by atoms with van der Waals surface area (Å²) >= 11 is 0. The number of amides is 3. The van der Waals surface area contributed by atoms with Crippen LogP contribution in [0.25, 0.3) is 0 Å². The number of carboxylic acid groups (broad SMARTS) is 1. The van der Waals surface area contributed by atoms with E-state index in [4.69, 9.17) is 16.6 Å². The molecule has 0 aromatic carbocycles. The van der Waals surface area contributed by atoms with E-state index in [0.717, 1.165) is 0 Å². The molecule has 0 aromatic heterocycles. The Hall–Kier alpha value is -2.32. The molecular weight excluding hydrogens is 372 g/mol. The number of rotatable bonds is 5. The Balaban J connectivity index is -0.0000000400. The SMILES string of the molecule is C.C.CN.CNC(=O)CN.CNC(=O)CN.CNCC(=O)NC.NCC(=O)O. The molecule has 0 aliphatic carbocycles. The number of hydrogen-bond donors (Lipinski definition) is 9. The van der Waals surface area contributed by atoms with Crippen molar-refractivity contribution in [3.8, 4) is 0 Å². The van der Waals surface area contributed by atoms with Crippen LogP contribution in [0.15, 0.2) is 0 Å². The van der Waals surface area contributed by atoms with Gasteiger partial charge < -0.3 is 49.3 Å². The van der Waals surface area contributed by atoms with E-state index in [2.05, 4.69) is 32.7 Å². The fourth-order valence-electron chi connectivity index (χ4n) is 0.453. The molecule has 0 fully saturated rings. The Morgan fingerprint density at radius 3 is 0.964 bits per heavy atom. The normalized spacial score (nSPS) is 6.89. The number of carbonyl (C=O) groups is 4. The van der Waals surface area contributed by atoms with Crippen LogP contribution in [0, 0.1) is 0 Å². The van der Waals surface area contributed by atoms with E-state index in [0.29, 0.717) is 6.54 Å². The summed E-state index contributed by atoms with van der Waals surface area (Å²) in [5.74, 6) is -1.21. The van der Waals surface area contributed by atoms with Crippen molar-refractivity contribution in [1.82, 2.24) is 21.3 Å². The van der Waals surface area contributed by atoms with Crippen molar-refractivity contribution in [3.63, 3.8) is 0 Å². The molecule has 0 spiro atoms. The molecule has 0 unspecified atom stereocenters. The second-order valence-electron chi connectivity index (χ2n) is 3.56. The van der Waals surface area contributed by atoms with Crippen LogP contribution in [0.1, 0.15) is 14.9 Å². The molecule has 0 aliphatic rings. The fraction of sp³-hybridized carbons (Fsp3) is 0.733. The van der Waals surface area contributed by atoms with Crippen molar-refractivity contribution < 1.29 is 24.3 Å². The van der Waals surface area contributed by atoms with Crippen molar-refractivity contribution in [3.05, 3.63) is 0 Å². The standard InChI is InChI=1S/C4H10N2O.2C3H8N2O.C2H5NO2.CH5N.2CH4/c1-5-3-4(7)6-2;2*1-5-3(6)2-4;3-1-2(4)5;1-2;;/h5H,3H2,1-2H3,(H,6,7);2*2,4H2,1H3,(H,5,6);1,3H2,(H,4,5);2H2,1H3;2*1H4. The highest BCUT2D eigenvalue weighted by Crippen LogP contribution is 1.53. The summed E-state index contributed by atoms with van der Waals surface area (Å²) in [6.45, 7) is 0.281. The highest BCUT2D eigenvalue weighted by molar-refractivity contribution is 5.78. The maximum atomic E-state index is 10.2. The van der Waals surface area contributed by atoms with Crippen molar-refractivity contribution in [2.75, 3.05) is 61.4 Å². The number of hydrogen-bond acceptors (Lipinski definition) is 9. The van der Waals surface area contributed by atoms with Crippen LogP contribution in [0.3, 0.4) is 0 Å². The smallest absolute Gasteiger partial charge is 0.317 e.